The Balaban J connectivity index is 2.31. The van der Waals surface area contributed by atoms with Gasteiger partial charge in [0.15, 0.2) is 0 Å². The number of nitrogens with one attached hydrogen (secondary N) is 1. The Bertz CT molecular complexity index is 583. The third kappa shape index (κ3) is 3.47. The molecule has 2 aromatic rings. The van der Waals surface area contributed by atoms with Gasteiger partial charge in [-0.2, -0.15) is 0 Å². The summed E-state index contributed by atoms with van der Waals surface area (Å²) in [7, 11) is 1.95. The molecule has 1 unspecified atom stereocenters. The van der Waals surface area contributed by atoms with Crippen LogP contribution in [0.25, 0.3) is 0 Å². The van der Waals surface area contributed by atoms with Crippen molar-refractivity contribution in [1.29, 1.82) is 0 Å². The second-order valence-corrected chi connectivity index (χ2v) is 5.69. The molecule has 0 saturated carbocycles. The fourth-order valence-corrected chi connectivity index (χ4v) is 2.89. The molecular weight excluding hydrogens is 317 g/mol. The first-order chi connectivity index (χ1) is 9.65. The summed E-state index contributed by atoms with van der Waals surface area (Å²) in [6.45, 7) is 2.16. The Morgan fingerprint density at radius 1 is 1.15 bits per heavy atom. The lowest BCUT2D eigenvalue weighted by Crippen LogP contribution is -2.20. The van der Waals surface area contributed by atoms with Gasteiger partial charge in [0.2, 0.25) is 0 Å². The zero-order chi connectivity index (χ0) is 14.5. The SMILES string of the molecule is CCc1ccccc1C(Cc1cc(F)ccc1Br)NC. The molecule has 0 aliphatic carbocycles. The summed E-state index contributed by atoms with van der Waals surface area (Å²) >= 11 is 3.50. The van der Waals surface area contributed by atoms with Crippen molar-refractivity contribution in [1.82, 2.24) is 5.32 Å². The zero-order valence-corrected chi connectivity index (χ0v) is 13.4. The maximum Gasteiger partial charge on any atom is 0.123 e. The van der Waals surface area contributed by atoms with Crippen LogP contribution >= 0.6 is 15.9 Å². The number of hydrogen-bond acceptors (Lipinski definition) is 1. The second-order valence-electron chi connectivity index (χ2n) is 4.83. The van der Waals surface area contributed by atoms with Gasteiger partial charge in [-0.1, -0.05) is 47.1 Å². The van der Waals surface area contributed by atoms with Crippen molar-refractivity contribution in [2.24, 2.45) is 0 Å². The first kappa shape index (κ1) is 15.2. The Morgan fingerprint density at radius 3 is 2.60 bits per heavy atom. The molecule has 1 atom stereocenters. The van der Waals surface area contributed by atoms with Crippen LogP contribution in [0.3, 0.4) is 0 Å². The first-order valence-corrected chi connectivity index (χ1v) is 7.64. The van der Waals surface area contributed by atoms with Crippen molar-refractivity contribution in [2.75, 3.05) is 7.05 Å². The van der Waals surface area contributed by atoms with E-state index in [-0.39, 0.29) is 11.9 Å². The van der Waals surface area contributed by atoms with E-state index in [0.717, 1.165) is 22.9 Å². The van der Waals surface area contributed by atoms with Crippen molar-refractivity contribution in [3.05, 3.63) is 69.4 Å². The first-order valence-electron chi connectivity index (χ1n) is 6.84. The predicted octanol–water partition coefficient (Wildman–Crippen LogP) is 4.65. The Hall–Kier alpha value is -1.19. The van der Waals surface area contributed by atoms with E-state index in [1.807, 2.05) is 7.05 Å². The number of halogens is 2. The smallest absolute Gasteiger partial charge is 0.123 e. The average Bonchev–Trinajstić information content (AvgIpc) is 2.48. The standard InChI is InChI=1S/C17H19BrFN/c1-3-12-6-4-5-7-15(12)17(20-2)11-13-10-14(19)8-9-16(13)18/h4-10,17,20H,3,11H2,1-2H3. The Labute approximate surface area is 128 Å². The summed E-state index contributed by atoms with van der Waals surface area (Å²) in [5.41, 5.74) is 3.60. The molecule has 20 heavy (non-hydrogen) atoms. The molecule has 0 heterocycles. The molecule has 0 radical (unpaired) electrons. The molecule has 0 saturated heterocycles. The van der Waals surface area contributed by atoms with Gasteiger partial charge in [0, 0.05) is 10.5 Å². The molecule has 0 amide bonds. The van der Waals surface area contributed by atoms with E-state index in [0.29, 0.717) is 0 Å². The topological polar surface area (TPSA) is 12.0 Å². The molecule has 2 aromatic carbocycles. The Kier molecular flexibility index (Phi) is 5.32. The van der Waals surface area contributed by atoms with Gasteiger partial charge in [-0.25, -0.2) is 4.39 Å². The van der Waals surface area contributed by atoms with E-state index in [9.17, 15) is 4.39 Å². The number of benzene rings is 2. The molecule has 1 N–H and O–H groups in total. The summed E-state index contributed by atoms with van der Waals surface area (Å²) < 4.78 is 14.4. The van der Waals surface area contributed by atoms with Crippen LogP contribution in [-0.4, -0.2) is 7.05 Å². The van der Waals surface area contributed by atoms with Crippen LogP contribution in [0.1, 0.15) is 29.7 Å². The van der Waals surface area contributed by atoms with E-state index in [1.54, 1.807) is 12.1 Å². The molecule has 0 aliphatic rings. The lowest BCUT2D eigenvalue weighted by molar-refractivity contribution is 0.578. The van der Waals surface area contributed by atoms with Crippen molar-refractivity contribution in [2.45, 2.75) is 25.8 Å². The molecule has 106 valence electrons. The van der Waals surface area contributed by atoms with Gasteiger partial charge in [-0.3, -0.25) is 0 Å². The summed E-state index contributed by atoms with van der Waals surface area (Å²) in [4.78, 5) is 0. The summed E-state index contributed by atoms with van der Waals surface area (Å²) in [6, 6.07) is 13.4. The molecule has 0 aromatic heterocycles. The quantitative estimate of drug-likeness (QED) is 0.838. The molecule has 2 rings (SSSR count). The molecular formula is C17H19BrFN. The number of hydrogen-bond donors (Lipinski definition) is 1. The maximum absolute atomic E-state index is 13.4. The van der Waals surface area contributed by atoms with E-state index >= 15 is 0 Å². The van der Waals surface area contributed by atoms with Gasteiger partial charge in [0.1, 0.15) is 5.82 Å². The molecule has 3 heteroatoms. The molecule has 0 bridgehead atoms. The van der Waals surface area contributed by atoms with Gasteiger partial charge in [-0.05, 0) is 54.8 Å². The van der Waals surface area contributed by atoms with Crippen molar-refractivity contribution < 1.29 is 4.39 Å². The fourth-order valence-electron chi connectivity index (χ4n) is 2.48. The molecule has 0 fully saturated rings. The highest BCUT2D eigenvalue weighted by Gasteiger charge is 2.15. The van der Waals surface area contributed by atoms with Gasteiger partial charge in [0.05, 0.1) is 0 Å². The lowest BCUT2D eigenvalue weighted by atomic mass is 9.94. The van der Waals surface area contributed by atoms with Crippen LogP contribution in [0.2, 0.25) is 0 Å². The summed E-state index contributed by atoms with van der Waals surface area (Å²) in [5, 5.41) is 3.34. The van der Waals surface area contributed by atoms with Crippen LogP contribution in [0.5, 0.6) is 0 Å². The largest absolute Gasteiger partial charge is 0.313 e. The van der Waals surface area contributed by atoms with Crippen molar-refractivity contribution in [3.8, 4) is 0 Å². The van der Waals surface area contributed by atoms with Crippen LogP contribution in [0.4, 0.5) is 4.39 Å². The van der Waals surface area contributed by atoms with E-state index in [1.165, 1.54) is 17.2 Å². The highest BCUT2D eigenvalue weighted by atomic mass is 79.9. The monoisotopic (exact) mass is 335 g/mol. The number of aryl methyl sites for hydroxylation is 1. The minimum Gasteiger partial charge on any atom is -0.313 e. The van der Waals surface area contributed by atoms with Crippen LogP contribution in [0, 0.1) is 5.82 Å². The number of likely N-dealkylation sites (N-methyl/N-ethyl adjacent to an activating group) is 1. The predicted molar refractivity (Wildman–Crippen MR) is 85.4 cm³/mol. The van der Waals surface area contributed by atoms with Gasteiger partial charge in [0.25, 0.3) is 0 Å². The number of rotatable bonds is 5. The molecule has 0 aliphatic heterocycles. The molecule has 1 nitrogen and oxygen atoms in total. The zero-order valence-electron chi connectivity index (χ0n) is 11.8. The van der Waals surface area contributed by atoms with Crippen LogP contribution in [-0.2, 0) is 12.8 Å². The van der Waals surface area contributed by atoms with Gasteiger partial charge < -0.3 is 5.32 Å². The average molecular weight is 336 g/mol. The molecule has 0 spiro atoms. The van der Waals surface area contributed by atoms with Crippen molar-refractivity contribution in [3.63, 3.8) is 0 Å². The summed E-state index contributed by atoms with van der Waals surface area (Å²) in [5.74, 6) is -0.193. The third-order valence-electron chi connectivity index (χ3n) is 3.59. The lowest BCUT2D eigenvalue weighted by Gasteiger charge is -2.20. The minimum absolute atomic E-state index is 0.184. The second kappa shape index (κ2) is 7.00. The maximum atomic E-state index is 13.4. The minimum atomic E-state index is -0.193. The van der Waals surface area contributed by atoms with E-state index < -0.39 is 0 Å². The van der Waals surface area contributed by atoms with Gasteiger partial charge in [-0.15, -0.1) is 0 Å². The van der Waals surface area contributed by atoms with E-state index in [2.05, 4.69) is 52.4 Å². The van der Waals surface area contributed by atoms with Crippen LogP contribution in [0.15, 0.2) is 46.9 Å². The highest BCUT2D eigenvalue weighted by Crippen LogP contribution is 2.26. The van der Waals surface area contributed by atoms with Crippen molar-refractivity contribution >= 4 is 15.9 Å². The summed E-state index contributed by atoms with van der Waals surface area (Å²) in [6.07, 6.45) is 1.75. The Morgan fingerprint density at radius 2 is 1.90 bits per heavy atom. The third-order valence-corrected chi connectivity index (χ3v) is 4.37. The normalized spacial score (nSPS) is 12.4. The highest BCUT2D eigenvalue weighted by molar-refractivity contribution is 9.10. The van der Waals surface area contributed by atoms with Gasteiger partial charge >= 0.3 is 0 Å². The fraction of sp³-hybridized carbons (Fsp3) is 0.294. The van der Waals surface area contributed by atoms with E-state index in [4.69, 9.17) is 0 Å². The van der Waals surface area contributed by atoms with Crippen LogP contribution < -0.4 is 5.32 Å².